The molecule has 0 fully saturated rings. The van der Waals surface area contributed by atoms with E-state index in [1.165, 1.54) is 30.3 Å². The van der Waals surface area contributed by atoms with Crippen molar-refractivity contribution in [2.45, 2.75) is 11.1 Å². The second-order valence-corrected chi connectivity index (χ2v) is 7.20. The molecule has 0 aliphatic rings. The second kappa shape index (κ2) is 6.74. The van der Waals surface area contributed by atoms with E-state index in [2.05, 4.69) is 5.10 Å². The molecule has 3 aromatic rings. The van der Waals surface area contributed by atoms with E-state index in [-0.39, 0.29) is 21.8 Å². The minimum atomic E-state index is -4.91. The fourth-order valence-corrected chi connectivity index (χ4v) is 3.08. The largest absolute Gasteiger partial charge is 0.436 e. The smallest absolute Gasteiger partial charge is 0.231 e. The van der Waals surface area contributed by atoms with Crippen LogP contribution in [0.15, 0.2) is 53.4 Å². The summed E-state index contributed by atoms with van der Waals surface area (Å²) in [5.74, 6) is -0.609. The maximum Gasteiger partial charge on any atom is 0.436 e. The number of nitrogens with two attached hydrogens (primary N) is 1. The second-order valence-electron chi connectivity index (χ2n) is 5.64. The van der Waals surface area contributed by atoms with Crippen molar-refractivity contribution < 1.29 is 26.0 Å². The zero-order valence-electron chi connectivity index (χ0n) is 13.8. The van der Waals surface area contributed by atoms with Gasteiger partial charge in [-0.05, 0) is 48.5 Å². The summed E-state index contributed by atoms with van der Waals surface area (Å²) in [6.07, 6.45) is -4.91. The number of nitriles is 1. The van der Waals surface area contributed by atoms with Crippen LogP contribution in [0.2, 0.25) is 0 Å². The van der Waals surface area contributed by atoms with Crippen LogP contribution in [-0.4, -0.2) is 18.2 Å². The van der Waals surface area contributed by atoms with Crippen molar-refractivity contribution in [3.05, 3.63) is 65.6 Å². The van der Waals surface area contributed by atoms with Gasteiger partial charge in [0.1, 0.15) is 17.4 Å². The Morgan fingerprint density at radius 3 is 2.07 bits per heavy atom. The molecule has 3 rings (SSSR count). The Balaban J connectivity index is 2.30. The number of alkyl halides is 3. The number of hydrogen-bond acceptors (Lipinski definition) is 4. The van der Waals surface area contributed by atoms with Gasteiger partial charge < -0.3 is 0 Å². The quantitative estimate of drug-likeness (QED) is 0.670. The van der Waals surface area contributed by atoms with Gasteiger partial charge in [0.05, 0.1) is 16.3 Å². The minimum absolute atomic E-state index is 0.0544. The van der Waals surface area contributed by atoms with Crippen molar-refractivity contribution in [1.29, 1.82) is 5.26 Å². The molecule has 0 radical (unpaired) electrons. The van der Waals surface area contributed by atoms with Crippen LogP contribution in [0, 0.1) is 17.1 Å². The van der Waals surface area contributed by atoms with Crippen molar-refractivity contribution >= 4 is 10.0 Å². The summed E-state index contributed by atoms with van der Waals surface area (Å²) in [6.45, 7) is 0. The Bertz CT molecular complexity index is 1180. The summed E-state index contributed by atoms with van der Waals surface area (Å²) >= 11 is 0. The first kappa shape index (κ1) is 19.5. The normalized spacial score (nSPS) is 12.0. The van der Waals surface area contributed by atoms with Crippen LogP contribution in [0.4, 0.5) is 17.6 Å². The number of nitrogens with zero attached hydrogens (tertiary/aromatic N) is 3. The van der Waals surface area contributed by atoms with Crippen LogP contribution in [0.25, 0.3) is 16.9 Å². The molecule has 0 amide bonds. The van der Waals surface area contributed by atoms with E-state index < -0.39 is 33.3 Å². The number of primary sulfonamides is 1. The molecule has 0 saturated carbocycles. The standard InChI is InChI=1S/C17H10F4N4O2S/c18-11-3-1-10(2-4-11)15-14(9-22)16(17(19,20)21)24-25(15)12-5-7-13(8-6-12)28(23,26)27/h1-8H,(H2,23,26,27). The summed E-state index contributed by atoms with van der Waals surface area (Å²) < 4.78 is 76.9. The van der Waals surface area contributed by atoms with E-state index in [9.17, 15) is 31.2 Å². The molecule has 11 heteroatoms. The average molecular weight is 410 g/mol. The molecule has 0 unspecified atom stereocenters. The highest BCUT2D eigenvalue weighted by molar-refractivity contribution is 7.89. The Kier molecular flexibility index (Phi) is 4.70. The van der Waals surface area contributed by atoms with Crippen molar-refractivity contribution in [2.24, 2.45) is 5.14 Å². The van der Waals surface area contributed by atoms with Crippen molar-refractivity contribution in [2.75, 3.05) is 0 Å². The first-order valence-corrected chi connectivity index (χ1v) is 9.06. The highest BCUT2D eigenvalue weighted by atomic mass is 32.2. The number of hydrogen-bond donors (Lipinski definition) is 1. The number of rotatable bonds is 3. The first-order valence-electron chi connectivity index (χ1n) is 7.52. The zero-order valence-corrected chi connectivity index (χ0v) is 14.6. The zero-order chi connectivity index (χ0) is 20.7. The molecule has 0 aliphatic carbocycles. The van der Waals surface area contributed by atoms with Crippen LogP contribution in [0.1, 0.15) is 11.3 Å². The van der Waals surface area contributed by atoms with Crippen molar-refractivity contribution in [3.63, 3.8) is 0 Å². The van der Waals surface area contributed by atoms with E-state index >= 15 is 0 Å². The van der Waals surface area contributed by atoms with Crippen molar-refractivity contribution in [3.8, 4) is 23.0 Å². The predicted molar refractivity (Wildman–Crippen MR) is 90.0 cm³/mol. The lowest BCUT2D eigenvalue weighted by Crippen LogP contribution is -2.12. The topological polar surface area (TPSA) is 102 Å². The van der Waals surface area contributed by atoms with Gasteiger partial charge in [-0.3, -0.25) is 0 Å². The Morgan fingerprint density at radius 1 is 1.04 bits per heavy atom. The highest BCUT2D eigenvalue weighted by Crippen LogP contribution is 2.37. The van der Waals surface area contributed by atoms with Crippen LogP contribution in [-0.2, 0) is 16.2 Å². The summed E-state index contributed by atoms with van der Waals surface area (Å²) in [4.78, 5) is -0.247. The van der Waals surface area contributed by atoms with Crippen LogP contribution in [0.3, 0.4) is 0 Å². The van der Waals surface area contributed by atoms with Gasteiger partial charge in [0.2, 0.25) is 10.0 Å². The summed E-state index contributed by atoms with van der Waals surface area (Å²) in [6, 6.07) is 10.6. The van der Waals surface area contributed by atoms with E-state index in [1.54, 1.807) is 0 Å². The molecule has 0 aliphatic heterocycles. The summed E-state index contributed by atoms with van der Waals surface area (Å²) in [7, 11) is -4.00. The molecular formula is C17H10F4N4O2S. The Morgan fingerprint density at radius 2 is 1.61 bits per heavy atom. The van der Waals surface area contributed by atoms with Gasteiger partial charge in [0.25, 0.3) is 0 Å². The third-order valence-corrected chi connectivity index (χ3v) is 4.72. The monoisotopic (exact) mass is 410 g/mol. The van der Waals surface area contributed by atoms with E-state index in [1.807, 2.05) is 0 Å². The molecule has 1 heterocycles. The molecule has 0 saturated heterocycles. The first-order chi connectivity index (χ1) is 13.0. The lowest BCUT2D eigenvalue weighted by Gasteiger charge is -2.09. The van der Waals surface area contributed by atoms with Gasteiger partial charge in [-0.25, -0.2) is 22.6 Å². The van der Waals surface area contributed by atoms with Gasteiger partial charge in [-0.2, -0.15) is 23.5 Å². The maximum absolute atomic E-state index is 13.4. The van der Waals surface area contributed by atoms with Crippen LogP contribution >= 0.6 is 0 Å². The van der Waals surface area contributed by atoms with Crippen molar-refractivity contribution in [1.82, 2.24) is 9.78 Å². The maximum atomic E-state index is 13.4. The average Bonchev–Trinajstić information content (AvgIpc) is 3.01. The summed E-state index contributed by atoms with van der Waals surface area (Å²) in [5.41, 5.74) is -2.19. The van der Waals surface area contributed by atoms with Gasteiger partial charge in [0.15, 0.2) is 5.69 Å². The van der Waals surface area contributed by atoms with E-state index in [0.717, 1.165) is 28.9 Å². The van der Waals surface area contributed by atoms with Crippen LogP contribution < -0.4 is 5.14 Å². The van der Waals surface area contributed by atoms with E-state index in [4.69, 9.17) is 5.14 Å². The molecule has 1 aromatic heterocycles. The van der Waals surface area contributed by atoms with Crippen LogP contribution in [0.5, 0.6) is 0 Å². The number of sulfonamides is 1. The SMILES string of the molecule is N#Cc1c(C(F)(F)F)nn(-c2ccc(S(N)(=O)=O)cc2)c1-c1ccc(F)cc1. The molecular weight excluding hydrogens is 400 g/mol. The highest BCUT2D eigenvalue weighted by Gasteiger charge is 2.40. The molecule has 144 valence electrons. The minimum Gasteiger partial charge on any atom is -0.231 e. The molecule has 2 aromatic carbocycles. The fourth-order valence-electron chi connectivity index (χ4n) is 2.56. The molecule has 0 bridgehead atoms. The third kappa shape index (κ3) is 3.60. The van der Waals surface area contributed by atoms with Gasteiger partial charge in [-0.15, -0.1) is 0 Å². The number of benzene rings is 2. The van der Waals surface area contributed by atoms with E-state index in [0.29, 0.717) is 0 Å². The predicted octanol–water partition coefficient (Wildman–Crippen LogP) is 3.22. The number of aromatic nitrogens is 2. The van der Waals surface area contributed by atoms with Gasteiger partial charge >= 0.3 is 6.18 Å². The Labute approximate surface area is 156 Å². The lowest BCUT2D eigenvalue weighted by atomic mass is 10.1. The molecule has 0 spiro atoms. The number of halogens is 4. The molecule has 0 atom stereocenters. The molecule has 6 nitrogen and oxygen atoms in total. The molecule has 2 N–H and O–H groups in total. The fraction of sp³-hybridized carbons (Fsp3) is 0.0588. The van der Waals surface area contributed by atoms with Gasteiger partial charge in [-0.1, -0.05) is 0 Å². The third-order valence-electron chi connectivity index (χ3n) is 3.79. The Hall–Kier alpha value is -3.23. The van der Waals surface area contributed by atoms with Gasteiger partial charge in [0, 0.05) is 5.56 Å². The summed E-state index contributed by atoms with van der Waals surface area (Å²) in [5, 5.41) is 17.8. The lowest BCUT2D eigenvalue weighted by molar-refractivity contribution is -0.141. The molecule has 28 heavy (non-hydrogen) atoms.